The second-order valence-electron chi connectivity index (χ2n) is 12.1. The molecule has 0 aromatic heterocycles. The molecule has 0 spiro atoms. The van der Waals surface area contributed by atoms with E-state index in [0.29, 0.717) is 40.3 Å². The summed E-state index contributed by atoms with van der Waals surface area (Å²) in [6.07, 6.45) is 0.236. The first-order valence-electron chi connectivity index (χ1n) is 17.1. The summed E-state index contributed by atoms with van der Waals surface area (Å²) in [4.78, 5) is 68.8. The van der Waals surface area contributed by atoms with Gasteiger partial charge in [0.15, 0.2) is 0 Å². The molecule has 2 aromatic rings. The normalized spacial score (nSPS) is 17.7. The lowest BCUT2D eigenvalue weighted by molar-refractivity contribution is -0.143. The summed E-state index contributed by atoms with van der Waals surface area (Å²) in [5.74, 6) is -2.16. The van der Waals surface area contributed by atoms with Crippen molar-refractivity contribution in [1.82, 2.24) is 31.5 Å². The van der Waals surface area contributed by atoms with Crippen molar-refractivity contribution >= 4 is 29.5 Å². The monoisotopic (exact) mass is 722 g/mol. The number of nitrogens with two attached hydrogens (primary N) is 3. The number of nitrogens with one attached hydrogen (secondary N) is 5. The van der Waals surface area contributed by atoms with Crippen LogP contribution in [-0.4, -0.2) is 113 Å². The number of hydrogen-bond donors (Lipinski definition) is 8. The van der Waals surface area contributed by atoms with Gasteiger partial charge in [-0.3, -0.25) is 24.0 Å². The van der Waals surface area contributed by atoms with Gasteiger partial charge in [0.05, 0.1) is 6.07 Å². The molecule has 0 saturated carbocycles. The highest BCUT2D eigenvalue weighted by Crippen LogP contribution is 2.40. The number of rotatable bonds is 16. The quantitative estimate of drug-likeness (QED) is 0.0889. The van der Waals surface area contributed by atoms with Crippen molar-refractivity contribution in [2.24, 2.45) is 17.2 Å². The number of likely N-dealkylation sites (N-methyl/N-ethyl adjacent to an activating group) is 1. The zero-order valence-corrected chi connectivity index (χ0v) is 29.8. The lowest BCUT2D eigenvalue weighted by atomic mass is 9.93. The molecule has 17 heteroatoms. The molecule has 0 aliphatic carbocycles. The lowest BCUT2D eigenvalue weighted by Gasteiger charge is -2.32. The Bertz CT molecular complexity index is 1610. The highest BCUT2D eigenvalue weighted by Gasteiger charge is 2.36. The van der Waals surface area contributed by atoms with Gasteiger partial charge >= 0.3 is 0 Å². The summed E-state index contributed by atoms with van der Waals surface area (Å²) in [5, 5.41) is 22.5. The highest BCUT2D eigenvalue weighted by molar-refractivity contribution is 5.96. The number of benzene rings is 2. The number of ether oxygens (including phenoxy) is 2. The van der Waals surface area contributed by atoms with Gasteiger partial charge in [-0.05, 0) is 62.3 Å². The standard InChI is InChI=1S/C35H50N10O7/c1-21-32(47)44-27(33(48)41-15-11-37)19-22-4-6-28(51-16-12-38)24(18-22)25-20-23(5-7-29(25)52-17-13-39)31(34(49)42-21)45(3)35(50)26(8-10-36)43-30(46)9-14-40-2/h4-7,18,20-21,26-27,31,40H,8-10,12-17,19,36,38-39H2,1-3H3,(H,41,48)(H,42,49)(H,43,46)(H,44,47)/t21-,26-,27-,31-/m0/s1. The summed E-state index contributed by atoms with van der Waals surface area (Å²) < 4.78 is 12.1. The molecule has 4 atom stereocenters. The van der Waals surface area contributed by atoms with Crippen LogP contribution in [0, 0.1) is 11.3 Å². The van der Waals surface area contributed by atoms with Crippen molar-refractivity contribution in [3.05, 3.63) is 47.5 Å². The molecule has 1 aliphatic rings. The largest absolute Gasteiger partial charge is 0.492 e. The molecule has 5 amide bonds. The van der Waals surface area contributed by atoms with Gasteiger partial charge in [-0.15, -0.1) is 0 Å². The molecule has 11 N–H and O–H groups in total. The van der Waals surface area contributed by atoms with Gasteiger partial charge in [-0.25, -0.2) is 0 Å². The van der Waals surface area contributed by atoms with Crippen molar-refractivity contribution in [3.63, 3.8) is 0 Å². The van der Waals surface area contributed by atoms with E-state index in [-0.39, 0.29) is 64.6 Å². The maximum Gasteiger partial charge on any atom is 0.248 e. The molecule has 0 fully saturated rings. The second-order valence-corrected chi connectivity index (χ2v) is 12.1. The third-order valence-corrected chi connectivity index (χ3v) is 8.24. The van der Waals surface area contributed by atoms with Gasteiger partial charge in [-0.2, -0.15) is 5.26 Å². The molecular weight excluding hydrogens is 672 g/mol. The fraction of sp³-hybridized carbons (Fsp3) is 0.486. The topological polar surface area (TPSA) is 269 Å². The number of carbonyl (C=O) groups is 5. The van der Waals surface area contributed by atoms with Crippen LogP contribution in [0.15, 0.2) is 36.4 Å². The summed E-state index contributed by atoms with van der Waals surface area (Å²) in [6.45, 7) is 2.37. The van der Waals surface area contributed by atoms with E-state index in [2.05, 4.69) is 26.6 Å². The molecule has 52 heavy (non-hydrogen) atoms. The lowest BCUT2D eigenvalue weighted by Crippen LogP contribution is -2.56. The van der Waals surface area contributed by atoms with Gasteiger partial charge in [0.2, 0.25) is 29.5 Å². The van der Waals surface area contributed by atoms with Crippen molar-refractivity contribution in [3.8, 4) is 28.7 Å². The summed E-state index contributed by atoms with van der Waals surface area (Å²) in [5.41, 5.74) is 19.3. The van der Waals surface area contributed by atoms with Crippen LogP contribution in [0.1, 0.15) is 36.9 Å². The molecule has 17 nitrogen and oxygen atoms in total. The number of nitriles is 1. The van der Waals surface area contributed by atoms with Gasteiger partial charge in [-0.1, -0.05) is 12.1 Å². The van der Waals surface area contributed by atoms with Crippen LogP contribution in [-0.2, 0) is 30.4 Å². The maximum atomic E-state index is 14.2. The fourth-order valence-electron chi connectivity index (χ4n) is 5.63. The van der Waals surface area contributed by atoms with Gasteiger partial charge in [0.1, 0.15) is 55.4 Å². The molecule has 4 bridgehead atoms. The van der Waals surface area contributed by atoms with Crippen LogP contribution >= 0.6 is 0 Å². The molecule has 1 aliphatic heterocycles. The van der Waals surface area contributed by atoms with Crippen molar-refractivity contribution in [1.29, 1.82) is 5.26 Å². The van der Waals surface area contributed by atoms with Crippen LogP contribution in [0.3, 0.4) is 0 Å². The van der Waals surface area contributed by atoms with E-state index in [1.165, 1.54) is 18.9 Å². The highest BCUT2D eigenvalue weighted by atomic mass is 16.5. The molecule has 3 rings (SSSR count). The van der Waals surface area contributed by atoms with Crippen LogP contribution in [0.5, 0.6) is 11.5 Å². The van der Waals surface area contributed by atoms with Crippen molar-refractivity contribution < 1.29 is 33.4 Å². The average Bonchev–Trinajstić information content (AvgIpc) is 3.13. The van der Waals surface area contributed by atoms with Gasteiger partial charge < -0.3 is 58.2 Å². The number of hydrogen-bond acceptors (Lipinski definition) is 12. The maximum absolute atomic E-state index is 14.2. The number of fused-ring (bicyclic) bond motifs is 5. The Morgan fingerprint density at radius 1 is 0.981 bits per heavy atom. The van der Waals surface area contributed by atoms with E-state index in [1.54, 1.807) is 43.4 Å². The third-order valence-electron chi connectivity index (χ3n) is 8.24. The Kier molecular flexibility index (Phi) is 16.3. The fourth-order valence-corrected chi connectivity index (χ4v) is 5.63. The van der Waals surface area contributed by atoms with Crippen LogP contribution < -0.4 is 53.3 Å². The van der Waals surface area contributed by atoms with Crippen LogP contribution in [0.2, 0.25) is 0 Å². The van der Waals surface area contributed by atoms with Crippen LogP contribution in [0.4, 0.5) is 0 Å². The minimum absolute atomic E-state index is 0.0228. The molecule has 1 heterocycles. The summed E-state index contributed by atoms with van der Waals surface area (Å²) in [7, 11) is 3.12. The Hall–Kier alpha value is -5.28. The van der Waals surface area contributed by atoms with E-state index in [4.69, 9.17) is 31.9 Å². The summed E-state index contributed by atoms with van der Waals surface area (Å²) >= 11 is 0. The van der Waals surface area contributed by atoms with E-state index >= 15 is 0 Å². The Labute approximate surface area is 303 Å². The molecule has 2 aromatic carbocycles. The Morgan fingerprint density at radius 2 is 1.63 bits per heavy atom. The van der Waals surface area contributed by atoms with Gasteiger partial charge in [0, 0.05) is 50.7 Å². The van der Waals surface area contributed by atoms with Crippen molar-refractivity contribution in [2.45, 2.75) is 50.4 Å². The van der Waals surface area contributed by atoms with E-state index in [9.17, 15) is 24.0 Å². The third kappa shape index (κ3) is 11.1. The van der Waals surface area contributed by atoms with E-state index in [0.717, 1.165) is 0 Å². The molecule has 282 valence electrons. The molecule has 0 unspecified atom stereocenters. The Balaban J connectivity index is 2.27. The predicted octanol–water partition coefficient (Wildman–Crippen LogP) is -1.84. The summed E-state index contributed by atoms with van der Waals surface area (Å²) in [6, 6.07) is 7.36. The van der Waals surface area contributed by atoms with E-state index in [1.807, 2.05) is 6.07 Å². The van der Waals surface area contributed by atoms with Crippen molar-refractivity contribution in [2.75, 3.05) is 60.0 Å². The number of nitrogens with zero attached hydrogens (tertiary/aromatic N) is 2. The smallest absolute Gasteiger partial charge is 0.248 e. The molecule has 0 saturated heterocycles. The first kappa shape index (κ1) is 41.1. The minimum atomic E-state index is -1.33. The predicted molar refractivity (Wildman–Crippen MR) is 192 cm³/mol. The minimum Gasteiger partial charge on any atom is -0.492 e. The first-order chi connectivity index (χ1) is 25.0. The molecule has 0 radical (unpaired) electrons. The zero-order valence-electron chi connectivity index (χ0n) is 29.8. The number of carbonyl (C=O) groups excluding carboxylic acids is 5. The Morgan fingerprint density at radius 3 is 2.25 bits per heavy atom. The molecular formula is C35H50N10O7. The first-order valence-corrected chi connectivity index (χ1v) is 17.1. The SMILES string of the molecule is CNCCC(=O)N[C@@H](CCN)C(=O)N(C)[C@@H]1C(=O)N[C@@H](C)C(=O)N[C@H](C(=O)NCC#N)Cc2ccc(OCCN)c(c2)-c2cc1ccc2OCCN. The van der Waals surface area contributed by atoms with Gasteiger partial charge in [0.25, 0.3) is 0 Å². The number of amides is 5. The second kappa shape index (κ2) is 20.5. The van der Waals surface area contributed by atoms with Crippen LogP contribution in [0.25, 0.3) is 11.1 Å². The van der Waals surface area contributed by atoms with E-state index < -0.39 is 47.8 Å². The average molecular weight is 723 g/mol. The zero-order chi connectivity index (χ0) is 38.2.